The van der Waals surface area contributed by atoms with Crippen LogP contribution in [0.2, 0.25) is 5.02 Å². The highest BCUT2D eigenvalue weighted by molar-refractivity contribution is 7.71. The monoisotopic (exact) mass is 269 g/mol. The fraction of sp³-hybridized carbons (Fsp3) is 0.273. The summed E-state index contributed by atoms with van der Waals surface area (Å²) in [6.07, 6.45) is 2.12. The van der Waals surface area contributed by atoms with Gasteiger partial charge in [-0.3, -0.25) is 9.67 Å². The Balaban J connectivity index is 2.27. The average Bonchev–Trinajstić information content (AvgIpc) is 3.05. The second-order valence-electron chi connectivity index (χ2n) is 4.07. The molecule has 3 nitrogen and oxygen atoms in total. The van der Waals surface area contributed by atoms with Gasteiger partial charge in [-0.2, -0.15) is 5.10 Å². The van der Waals surface area contributed by atoms with Gasteiger partial charge in [-0.25, -0.2) is 4.39 Å². The van der Waals surface area contributed by atoms with Crippen LogP contribution in [0.1, 0.15) is 24.6 Å². The Morgan fingerprint density at radius 1 is 1.47 bits per heavy atom. The molecule has 0 unspecified atom stereocenters. The highest BCUT2D eigenvalue weighted by Crippen LogP contribution is 2.40. The van der Waals surface area contributed by atoms with Gasteiger partial charge >= 0.3 is 0 Å². The molecule has 0 amide bonds. The third kappa shape index (κ3) is 1.79. The number of aromatic nitrogens is 3. The molecule has 1 aromatic heterocycles. The van der Waals surface area contributed by atoms with E-state index >= 15 is 0 Å². The lowest BCUT2D eigenvalue weighted by atomic mass is 10.3. The summed E-state index contributed by atoms with van der Waals surface area (Å²) in [6, 6.07) is 4.58. The van der Waals surface area contributed by atoms with E-state index in [2.05, 4.69) is 10.2 Å². The van der Waals surface area contributed by atoms with E-state index in [9.17, 15) is 4.39 Å². The SMILES string of the molecule is Fc1cccc(Cl)c1-n1c(C2CC2)n[nH]c1=S. The molecule has 88 valence electrons. The van der Waals surface area contributed by atoms with Crippen LogP contribution in [0, 0.1) is 10.6 Å². The van der Waals surface area contributed by atoms with Crippen LogP contribution in [-0.4, -0.2) is 14.8 Å². The number of nitrogens with zero attached hydrogens (tertiary/aromatic N) is 2. The van der Waals surface area contributed by atoms with E-state index in [1.54, 1.807) is 16.7 Å². The van der Waals surface area contributed by atoms with Gasteiger partial charge in [-0.1, -0.05) is 17.7 Å². The van der Waals surface area contributed by atoms with Crippen molar-refractivity contribution >= 4 is 23.8 Å². The average molecular weight is 270 g/mol. The lowest BCUT2D eigenvalue weighted by Gasteiger charge is -2.09. The number of nitrogens with one attached hydrogen (secondary N) is 1. The minimum absolute atomic E-state index is 0.287. The summed E-state index contributed by atoms with van der Waals surface area (Å²) in [5.41, 5.74) is 0.287. The molecule has 0 spiro atoms. The van der Waals surface area contributed by atoms with Gasteiger partial charge in [0.15, 0.2) is 4.77 Å². The summed E-state index contributed by atoms with van der Waals surface area (Å²) in [4.78, 5) is 0. The largest absolute Gasteiger partial charge is 0.267 e. The highest BCUT2D eigenvalue weighted by atomic mass is 35.5. The van der Waals surface area contributed by atoms with E-state index in [0.717, 1.165) is 18.7 Å². The molecule has 0 saturated heterocycles. The summed E-state index contributed by atoms with van der Waals surface area (Å²) >= 11 is 11.2. The van der Waals surface area contributed by atoms with E-state index in [1.165, 1.54) is 6.07 Å². The number of rotatable bonds is 2. The van der Waals surface area contributed by atoms with Crippen molar-refractivity contribution in [3.05, 3.63) is 39.6 Å². The second-order valence-corrected chi connectivity index (χ2v) is 4.86. The fourth-order valence-corrected chi connectivity index (χ4v) is 2.32. The molecule has 1 heterocycles. The molecule has 1 aliphatic carbocycles. The Kier molecular flexibility index (Phi) is 2.52. The highest BCUT2D eigenvalue weighted by Gasteiger charge is 2.30. The molecule has 1 aromatic carbocycles. The molecule has 0 atom stereocenters. The Morgan fingerprint density at radius 2 is 2.24 bits per heavy atom. The summed E-state index contributed by atoms with van der Waals surface area (Å²) in [6.45, 7) is 0. The molecule has 0 radical (unpaired) electrons. The van der Waals surface area contributed by atoms with Crippen LogP contribution in [0.25, 0.3) is 5.69 Å². The summed E-state index contributed by atoms with van der Waals surface area (Å²) in [5.74, 6) is 0.734. The Labute approximate surface area is 107 Å². The van der Waals surface area contributed by atoms with E-state index in [4.69, 9.17) is 23.8 Å². The molecular formula is C11H9ClFN3S. The fourth-order valence-electron chi connectivity index (χ4n) is 1.84. The number of benzene rings is 1. The van der Waals surface area contributed by atoms with Gasteiger partial charge in [0.05, 0.1) is 5.02 Å². The van der Waals surface area contributed by atoms with Crippen LogP contribution in [0.3, 0.4) is 0 Å². The molecule has 0 bridgehead atoms. The lowest BCUT2D eigenvalue weighted by Crippen LogP contribution is -2.03. The number of hydrogen-bond acceptors (Lipinski definition) is 2. The molecule has 1 fully saturated rings. The van der Waals surface area contributed by atoms with Crippen LogP contribution in [0.5, 0.6) is 0 Å². The van der Waals surface area contributed by atoms with Crippen LogP contribution in [0.4, 0.5) is 4.39 Å². The van der Waals surface area contributed by atoms with Gasteiger partial charge in [0.1, 0.15) is 17.3 Å². The first-order valence-electron chi connectivity index (χ1n) is 5.30. The van der Waals surface area contributed by atoms with Crippen molar-refractivity contribution in [2.75, 3.05) is 0 Å². The first-order chi connectivity index (χ1) is 8.18. The maximum absolute atomic E-state index is 13.9. The lowest BCUT2D eigenvalue weighted by molar-refractivity contribution is 0.614. The quantitative estimate of drug-likeness (QED) is 0.845. The predicted octanol–water partition coefficient (Wildman–Crippen LogP) is 3.60. The van der Waals surface area contributed by atoms with Crippen LogP contribution in [0.15, 0.2) is 18.2 Å². The van der Waals surface area contributed by atoms with Gasteiger partial charge in [0.25, 0.3) is 0 Å². The molecule has 1 saturated carbocycles. The summed E-state index contributed by atoms with van der Waals surface area (Å²) in [7, 11) is 0. The van der Waals surface area contributed by atoms with Gasteiger partial charge in [0.2, 0.25) is 0 Å². The van der Waals surface area contributed by atoms with Crippen molar-refractivity contribution in [3.63, 3.8) is 0 Å². The second kappa shape index (κ2) is 3.92. The number of hydrogen-bond donors (Lipinski definition) is 1. The number of H-pyrrole nitrogens is 1. The summed E-state index contributed by atoms with van der Waals surface area (Å²) < 4.78 is 15.8. The first kappa shape index (κ1) is 10.9. The van der Waals surface area contributed by atoms with Crippen molar-refractivity contribution in [3.8, 4) is 5.69 Å². The number of para-hydroxylation sites is 1. The zero-order valence-electron chi connectivity index (χ0n) is 8.78. The first-order valence-corrected chi connectivity index (χ1v) is 6.09. The normalized spacial score (nSPS) is 15.2. The number of halogens is 2. The molecule has 6 heteroatoms. The summed E-state index contributed by atoms with van der Waals surface area (Å²) in [5, 5.41) is 7.20. The van der Waals surface area contributed by atoms with E-state index in [1.807, 2.05) is 0 Å². The van der Waals surface area contributed by atoms with Crippen LogP contribution < -0.4 is 0 Å². The van der Waals surface area contributed by atoms with E-state index in [-0.39, 0.29) is 5.69 Å². The third-order valence-electron chi connectivity index (χ3n) is 2.80. The molecule has 17 heavy (non-hydrogen) atoms. The molecule has 2 aromatic rings. The van der Waals surface area contributed by atoms with Gasteiger partial charge in [0, 0.05) is 5.92 Å². The zero-order valence-corrected chi connectivity index (χ0v) is 10.4. The maximum Gasteiger partial charge on any atom is 0.200 e. The van der Waals surface area contributed by atoms with E-state index in [0.29, 0.717) is 15.7 Å². The molecule has 1 aliphatic rings. The van der Waals surface area contributed by atoms with Crippen molar-refractivity contribution < 1.29 is 4.39 Å². The van der Waals surface area contributed by atoms with Crippen molar-refractivity contribution in [1.82, 2.24) is 14.8 Å². The third-order valence-corrected chi connectivity index (χ3v) is 3.38. The Hall–Kier alpha value is -1.20. The van der Waals surface area contributed by atoms with Crippen molar-refractivity contribution in [2.45, 2.75) is 18.8 Å². The van der Waals surface area contributed by atoms with Gasteiger partial charge in [-0.05, 0) is 37.2 Å². The van der Waals surface area contributed by atoms with Crippen LogP contribution >= 0.6 is 23.8 Å². The van der Waals surface area contributed by atoms with Crippen LogP contribution in [-0.2, 0) is 0 Å². The van der Waals surface area contributed by atoms with Gasteiger partial charge in [-0.15, -0.1) is 0 Å². The topological polar surface area (TPSA) is 33.6 Å². The smallest absolute Gasteiger partial charge is 0.200 e. The zero-order chi connectivity index (χ0) is 12.0. The molecule has 0 aliphatic heterocycles. The predicted molar refractivity (Wildman–Crippen MR) is 65.7 cm³/mol. The van der Waals surface area contributed by atoms with Gasteiger partial charge < -0.3 is 0 Å². The minimum atomic E-state index is -0.392. The van der Waals surface area contributed by atoms with E-state index < -0.39 is 5.82 Å². The Bertz CT molecular complexity index is 610. The molecular weight excluding hydrogens is 261 g/mol. The number of aromatic amines is 1. The Morgan fingerprint density at radius 3 is 2.88 bits per heavy atom. The van der Waals surface area contributed by atoms with Crippen molar-refractivity contribution in [2.24, 2.45) is 0 Å². The molecule has 1 N–H and O–H groups in total. The standard InChI is InChI=1S/C11H9ClFN3S/c12-7-2-1-3-8(13)9(7)16-10(6-4-5-6)14-15-11(16)17/h1-3,6H,4-5H2,(H,15,17). The molecule has 3 rings (SSSR count). The minimum Gasteiger partial charge on any atom is -0.267 e. The van der Waals surface area contributed by atoms with Crippen molar-refractivity contribution in [1.29, 1.82) is 0 Å². The maximum atomic E-state index is 13.9.